The highest BCUT2D eigenvalue weighted by atomic mass is 19.1. The molecule has 0 radical (unpaired) electrons. The van der Waals surface area contributed by atoms with Gasteiger partial charge in [0.2, 0.25) is 5.88 Å². The van der Waals surface area contributed by atoms with Gasteiger partial charge in [-0.05, 0) is 56.6 Å². The Bertz CT molecular complexity index is 1780. The SMILES string of the molecule is CONC(=O)Nc1ccc(N=C(CN(C)C)c2c(N)n(Cc3c(F)cccc3F)c(=O)n(-c3ccc(OC)nn3)c2=O)cc1. The molecule has 4 aromatic rings. The van der Waals surface area contributed by atoms with Crippen molar-refractivity contribution in [3.63, 3.8) is 0 Å². The number of nitrogen functional groups attached to an aromatic ring is 1. The average molecular weight is 610 g/mol. The van der Waals surface area contributed by atoms with Gasteiger partial charge in [-0.3, -0.25) is 19.2 Å². The van der Waals surface area contributed by atoms with Crippen molar-refractivity contribution >= 4 is 28.9 Å². The molecule has 0 atom stereocenters. The van der Waals surface area contributed by atoms with E-state index in [0.717, 1.165) is 16.7 Å². The van der Waals surface area contributed by atoms with Crippen LogP contribution in [-0.2, 0) is 11.4 Å². The molecule has 0 bridgehead atoms. The van der Waals surface area contributed by atoms with Gasteiger partial charge < -0.3 is 20.7 Å². The van der Waals surface area contributed by atoms with Gasteiger partial charge in [-0.25, -0.2) is 28.4 Å². The quantitative estimate of drug-likeness (QED) is 0.180. The lowest BCUT2D eigenvalue weighted by Crippen LogP contribution is -2.45. The Hall–Kier alpha value is -5.48. The van der Waals surface area contributed by atoms with Gasteiger partial charge in [-0.2, -0.15) is 0 Å². The predicted octanol–water partition coefficient (Wildman–Crippen LogP) is 2.07. The van der Waals surface area contributed by atoms with Crippen molar-refractivity contribution in [2.75, 3.05) is 45.9 Å². The third-order valence-electron chi connectivity index (χ3n) is 6.17. The first-order valence-electron chi connectivity index (χ1n) is 12.9. The monoisotopic (exact) mass is 609 g/mol. The van der Waals surface area contributed by atoms with E-state index in [1.165, 1.54) is 32.4 Å². The third kappa shape index (κ3) is 6.93. The van der Waals surface area contributed by atoms with E-state index in [0.29, 0.717) is 15.9 Å². The van der Waals surface area contributed by atoms with Crippen LogP contribution >= 0.6 is 0 Å². The molecule has 4 N–H and O–H groups in total. The summed E-state index contributed by atoms with van der Waals surface area (Å²) in [5, 5.41) is 10.3. The fourth-order valence-electron chi connectivity index (χ4n) is 4.17. The maximum absolute atomic E-state index is 14.7. The molecule has 44 heavy (non-hydrogen) atoms. The highest BCUT2D eigenvalue weighted by Crippen LogP contribution is 2.21. The topological polar surface area (TPSA) is 171 Å². The number of carbonyl (C=O) groups excluding carboxylic acids is 1. The lowest BCUT2D eigenvalue weighted by Gasteiger charge is -2.19. The Morgan fingerprint density at radius 2 is 1.70 bits per heavy atom. The van der Waals surface area contributed by atoms with E-state index in [1.54, 1.807) is 43.3 Å². The van der Waals surface area contributed by atoms with Crippen molar-refractivity contribution in [1.29, 1.82) is 0 Å². The number of nitrogens with one attached hydrogen (secondary N) is 2. The van der Waals surface area contributed by atoms with Crippen LogP contribution in [0.3, 0.4) is 0 Å². The molecule has 0 saturated carbocycles. The van der Waals surface area contributed by atoms with Crippen LogP contribution in [0.25, 0.3) is 5.82 Å². The number of aromatic nitrogens is 4. The lowest BCUT2D eigenvalue weighted by atomic mass is 10.1. The fourth-order valence-corrected chi connectivity index (χ4v) is 4.17. The van der Waals surface area contributed by atoms with Crippen molar-refractivity contribution in [3.8, 4) is 11.7 Å². The number of aliphatic imine (C=N–C) groups is 1. The molecular weight excluding hydrogens is 580 g/mol. The molecule has 0 aliphatic rings. The minimum atomic E-state index is -1.01. The summed E-state index contributed by atoms with van der Waals surface area (Å²) in [6.45, 7) is -0.574. The lowest BCUT2D eigenvalue weighted by molar-refractivity contribution is 0.114. The zero-order valence-electron chi connectivity index (χ0n) is 24.2. The number of carbonyl (C=O) groups is 1. The van der Waals surface area contributed by atoms with Crippen molar-refractivity contribution in [2.45, 2.75) is 6.54 Å². The second-order valence-corrected chi connectivity index (χ2v) is 9.51. The molecule has 2 amide bonds. The highest BCUT2D eigenvalue weighted by Gasteiger charge is 2.25. The molecular formula is C28H29F2N9O5. The van der Waals surface area contributed by atoms with E-state index in [-0.39, 0.29) is 35.3 Å². The minimum Gasteiger partial charge on any atom is -0.480 e. The van der Waals surface area contributed by atoms with Gasteiger partial charge >= 0.3 is 11.7 Å². The van der Waals surface area contributed by atoms with Gasteiger partial charge in [-0.15, -0.1) is 10.2 Å². The number of hydrogen-bond donors (Lipinski definition) is 3. The van der Waals surface area contributed by atoms with Gasteiger partial charge in [0.05, 0.1) is 32.2 Å². The number of rotatable bonds is 10. The zero-order valence-corrected chi connectivity index (χ0v) is 24.2. The number of anilines is 2. The molecule has 0 unspecified atom stereocenters. The predicted molar refractivity (Wildman–Crippen MR) is 159 cm³/mol. The summed E-state index contributed by atoms with van der Waals surface area (Å²) in [5.41, 5.74) is 6.97. The average Bonchev–Trinajstić information content (AvgIpc) is 2.97. The first kappa shape index (κ1) is 31.5. The van der Waals surface area contributed by atoms with E-state index in [4.69, 9.17) is 10.5 Å². The second kappa shape index (κ2) is 13.7. The van der Waals surface area contributed by atoms with Crippen molar-refractivity contribution < 1.29 is 23.1 Å². The molecule has 0 fully saturated rings. The molecule has 4 rings (SSSR count). The highest BCUT2D eigenvalue weighted by molar-refractivity contribution is 6.06. The number of nitrogens with two attached hydrogens (primary N) is 1. The summed E-state index contributed by atoms with van der Waals surface area (Å²) in [6, 6.07) is 11.7. The summed E-state index contributed by atoms with van der Waals surface area (Å²) >= 11 is 0. The third-order valence-corrected chi connectivity index (χ3v) is 6.17. The summed E-state index contributed by atoms with van der Waals surface area (Å²) in [6.07, 6.45) is 0. The standard InChI is InChI=1S/C28H29F2N9O5/c1-37(2)15-21(32-16-8-10-17(11-9-16)33-27(41)36-44-4)24-25(31)38(14-18-19(29)6-5-7-20(18)30)28(42)39(26(24)40)22-12-13-23(43-3)35-34-22/h5-13H,14-15,31H2,1-4H3,(H2,33,36,41). The maximum Gasteiger partial charge on any atom is 0.343 e. The summed E-state index contributed by atoms with van der Waals surface area (Å²) in [4.78, 5) is 50.4. The zero-order chi connectivity index (χ0) is 32.0. The van der Waals surface area contributed by atoms with Crippen LogP contribution < -0.4 is 32.5 Å². The van der Waals surface area contributed by atoms with Crippen molar-refractivity contribution in [3.05, 3.63) is 98.2 Å². The molecule has 0 aliphatic heterocycles. The van der Waals surface area contributed by atoms with Crippen molar-refractivity contribution in [1.82, 2.24) is 29.7 Å². The first-order valence-corrected chi connectivity index (χ1v) is 12.9. The number of halogens is 2. The second-order valence-electron chi connectivity index (χ2n) is 9.51. The largest absolute Gasteiger partial charge is 0.480 e. The van der Waals surface area contributed by atoms with E-state index < -0.39 is 41.0 Å². The van der Waals surface area contributed by atoms with E-state index in [2.05, 4.69) is 30.8 Å². The van der Waals surface area contributed by atoms with Crippen LogP contribution in [0, 0.1) is 11.6 Å². The minimum absolute atomic E-state index is 0.0657. The molecule has 2 aromatic heterocycles. The van der Waals surface area contributed by atoms with Crippen LogP contribution in [0.4, 0.5) is 30.8 Å². The Morgan fingerprint density at radius 1 is 1.02 bits per heavy atom. The number of nitrogens with zero attached hydrogens (tertiary/aromatic N) is 6. The molecule has 2 aromatic carbocycles. The van der Waals surface area contributed by atoms with Gasteiger partial charge in [0.15, 0.2) is 5.82 Å². The van der Waals surface area contributed by atoms with Crippen LogP contribution in [0.2, 0.25) is 0 Å². The van der Waals surface area contributed by atoms with Gasteiger partial charge in [0.25, 0.3) is 5.56 Å². The molecule has 0 aliphatic carbocycles. The molecule has 14 nitrogen and oxygen atoms in total. The maximum atomic E-state index is 14.7. The Kier molecular flexibility index (Phi) is 9.77. The molecule has 230 valence electrons. The van der Waals surface area contributed by atoms with Gasteiger partial charge in [0.1, 0.15) is 23.0 Å². The summed E-state index contributed by atoms with van der Waals surface area (Å²) in [5.74, 6) is -2.24. The van der Waals surface area contributed by atoms with Crippen LogP contribution in [-0.4, -0.2) is 70.8 Å². The smallest absolute Gasteiger partial charge is 0.343 e. The van der Waals surface area contributed by atoms with Crippen molar-refractivity contribution in [2.24, 2.45) is 4.99 Å². The number of likely N-dealkylation sites (N-methyl/N-ethyl adjacent to an activating group) is 1. The number of methoxy groups -OCH3 is 1. The van der Waals surface area contributed by atoms with Crippen LogP contribution in [0.1, 0.15) is 11.1 Å². The molecule has 0 spiro atoms. The number of urea groups is 1. The Labute approximate surface area is 249 Å². The fraction of sp³-hybridized carbons (Fsp3) is 0.214. The Balaban J connectivity index is 1.94. The van der Waals surface area contributed by atoms with Crippen LogP contribution in [0.5, 0.6) is 5.88 Å². The summed E-state index contributed by atoms with van der Waals surface area (Å²) in [7, 11) is 6.12. The van der Waals surface area contributed by atoms with Crippen LogP contribution in [0.15, 0.2) is 69.2 Å². The number of ether oxygens (including phenoxy) is 1. The number of amides is 2. The molecule has 16 heteroatoms. The number of hydroxylamine groups is 1. The number of hydrogen-bond acceptors (Lipinski definition) is 10. The van der Waals surface area contributed by atoms with E-state index in [9.17, 15) is 23.2 Å². The van der Waals surface area contributed by atoms with E-state index >= 15 is 0 Å². The van der Waals surface area contributed by atoms with E-state index in [1.807, 2.05) is 0 Å². The first-order chi connectivity index (χ1) is 21.0. The normalized spacial score (nSPS) is 11.5. The number of benzene rings is 2. The Morgan fingerprint density at radius 3 is 2.27 bits per heavy atom. The molecule has 0 saturated heterocycles. The summed E-state index contributed by atoms with van der Waals surface area (Å²) < 4.78 is 36.0. The van der Waals surface area contributed by atoms with Gasteiger partial charge in [-0.1, -0.05) is 6.07 Å². The molecule has 2 heterocycles. The van der Waals surface area contributed by atoms with Gasteiger partial charge in [0, 0.05) is 23.9 Å².